The molecule has 1 aliphatic carbocycles. The number of phenols is 1. The molecular weight excluding hydrogens is 441 g/mol. The molecule has 0 heterocycles. The third-order valence-corrected chi connectivity index (χ3v) is 6.50. The molecule has 184 valence electrons. The zero-order chi connectivity index (χ0) is 24.3. The van der Waals surface area contributed by atoms with Gasteiger partial charge in [-0.2, -0.15) is 0 Å². The molecule has 3 unspecified atom stereocenters. The fraction of sp³-hybridized carbons (Fsp3) is 0.520. The molecule has 0 bridgehead atoms. The minimum Gasteiger partial charge on any atom is -0.504 e. The van der Waals surface area contributed by atoms with Gasteiger partial charge in [-0.1, -0.05) is 63.6 Å². The molecule has 0 amide bonds. The number of quaternary nitrogens is 1. The number of hydrogen-bond acceptors (Lipinski definition) is 5. The van der Waals surface area contributed by atoms with Crippen LogP contribution < -0.4 is 9.64 Å². The molecule has 0 saturated carbocycles. The maximum atomic E-state index is 11.7. The lowest BCUT2D eigenvalue weighted by atomic mass is 9.86. The largest absolute Gasteiger partial charge is 0.504 e. The molecule has 33 heavy (non-hydrogen) atoms. The SMILES string of the molecule is CCC.CCC[NH+](COP(=O)(O)OC)C1CCc2c(ccc(OCc3ccccc3)c2O)C1. The number of fused-ring (bicyclic) bond motifs is 1. The van der Waals surface area contributed by atoms with Gasteiger partial charge in [-0.15, -0.1) is 0 Å². The number of aromatic hydroxyl groups is 1. The molecule has 1 aliphatic rings. The molecule has 3 N–H and O–H groups in total. The van der Waals surface area contributed by atoms with Crippen molar-refractivity contribution >= 4 is 7.82 Å². The van der Waals surface area contributed by atoms with Crippen molar-refractivity contribution in [3.63, 3.8) is 0 Å². The zero-order valence-corrected chi connectivity index (χ0v) is 21.1. The fourth-order valence-electron chi connectivity index (χ4n) is 3.95. The minimum atomic E-state index is -3.99. The molecule has 8 heteroatoms. The van der Waals surface area contributed by atoms with Crippen LogP contribution in [-0.2, 0) is 33.1 Å². The quantitative estimate of drug-likeness (QED) is 0.348. The number of ether oxygens (including phenoxy) is 1. The van der Waals surface area contributed by atoms with E-state index in [1.54, 1.807) is 0 Å². The summed E-state index contributed by atoms with van der Waals surface area (Å²) in [6.45, 7) is 7.67. The predicted molar refractivity (Wildman–Crippen MR) is 130 cm³/mol. The summed E-state index contributed by atoms with van der Waals surface area (Å²) < 4.78 is 27.2. The van der Waals surface area contributed by atoms with Gasteiger partial charge in [0.15, 0.2) is 18.2 Å². The van der Waals surface area contributed by atoms with Crippen LogP contribution in [0.25, 0.3) is 0 Å². The molecule has 0 aromatic heterocycles. The van der Waals surface area contributed by atoms with Gasteiger partial charge in [0.2, 0.25) is 0 Å². The lowest BCUT2D eigenvalue weighted by Crippen LogP contribution is -3.16. The molecule has 0 saturated heterocycles. The van der Waals surface area contributed by atoms with Crippen LogP contribution in [0.5, 0.6) is 11.5 Å². The predicted octanol–water partition coefficient (Wildman–Crippen LogP) is 4.26. The maximum Gasteiger partial charge on any atom is 0.476 e. The normalized spacial score (nSPS) is 17.8. The second-order valence-electron chi connectivity index (χ2n) is 8.30. The average molecular weight is 481 g/mol. The van der Waals surface area contributed by atoms with Crippen molar-refractivity contribution in [1.82, 2.24) is 0 Å². The van der Waals surface area contributed by atoms with E-state index in [1.807, 2.05) is 42.5 Å². The van der Waals surface area contributed by atoms with E-state index >= 15 is 0 Å². The summed E-state index contributed by atoms with van der Waals surface area (Å²) in [5.74, 6) is 0.716. The Morgan fingerprint density at radius 2 is 1.82 bits per heavy atom. The summed E-state index contributed by atoms with van der Waals surface area (Å²) in [5, 5.41) is 10.7. The van der Waals surface area contributed by atoms with Crippen molar-refractivity contribution in [2.75, 3.05) is 20.4 Å². The number of phenolic OH excluding ortho intramolecular Hbond substituents is 1. The van der Waals surface area contributed by atoms with E-state index in [0.717, 1.165) is 60.9 Å². The maximum absolute atomic E-state index is 11.7. The van der Waals surface area contributed by atoms with Gasteiger partial charge in [-0.3, -0.25) is 4.52 Å². The second-order valence-corrected chi connectivity index (χ2v) is 9.86. The summed E-state index contributed by atoms with van der Waals surface area (Å²) in [7, 11) is -2.83. The highest BCUT2D eigenvalue weighted by molar-refractivity contribution is 7.47. The van der Waals surface area contributed by atoms with E-state index in [1.165, 1.54) is 6.42 Å². The van der Waals surface area contributed by atoms with Crippen molar-refractivity contribution in [1.29, 1.82) is 0 Å². The molecule has 3 rings (SSSR count). The number of rotatable bonds is 10. The average Bonchev–Trinajstić information content (AvgIpc) is 2.82. The summed E-state index contributed by atoms with van der Waals surface area (Å²) >= 11 is 0. The third kappa shape index (κ3) is 8.43. The van der Waals surface area contributed by atoms with Crippen LogP contribution in [0.3, 0.4) is 0 Å². The van der Waals surface area contributed by atoms with Crippen LogP contribution in [0.1, 0.15) is 56.7 Å². The number of phosphoric ester groups is 1. The van der Waals surface area contributed by atoms with Crippen LogP contribution >= 0.6 is 7.82 Å². The molecule has 0 radical (unpaired) electrons. The lowest BCUT2D eigenvalue weighted by Gasteiger charge is -2.32. The Labute approximate surface area is 197 Å². The van der Waals surface area contributed by atoms with Crippen molar-refractivity contribution in [2.24, 2.45) is 0 Å². The summed E-state index contributed by atoms with van der Waals surface area (Å²) in [6, 6.07) is 13.9. The molecule has 0 aliphatic heterocycles. The van der Waals surface area contributed by atoms with E-state index in [4.69, 9.17) is 9.26 Å². The van der Waals surface area contributed by atoms with Gasteiger partial charge in [-0.25, -0.2) is 9.09 Å². The van der Waals surface area contributed by atoms with Crippen LogP contribution in [-0.4, -0.2) is 36.4 Å². The van der Waals surface area contributed by atoms with Crippen LogP contribution in [0.2, 0.25) is 0 Å². The molecule has 0 spiro atoms. The fourth-order valence-corrected chi connectivity index (χ4v) is 4.38. The van der Waals surface area contributed by atoms with E-state index in [0.29, 0.717) is 12.4 Å². The number of nitrogens with one attached hydrogen (secondary N) is 1. The lowest BCUT2D eigenvalue weighted by molar-refractivity contribution is -0.941. The molecule has 7 nitrogen and oxygen atoms in total. The van der Waals surface area contributed by atoms with Gasteiger partial charge in [0.1, 0.15) is 6.61 Å². The first-order chi connectivity index (χ1) is 15.8. The zero-order valence-electron chi connectivity index (χ0n) is 20.3. The van der Waals surface area contributed by atoms with Crippen molar-refractivity contribution < 1.29 is 33.2 Å². The number of benzene rings is 2. The van der Waals surface area contributed by atoms with Crippen molar-refractivity contribution in [3.8, 4) is 11.5 Å². The Bertz CT molecular complexity index is 892. The smallest absolute Gasteiger partial charge is 0.476 e. The molecule has 2 aromatic carbocycles. The van der Waals surface area contributed by atoms with Crippen LogP contribution in [0.4, 0.5) is 0 Å². The minimum absolute atomic E-state index is 0.111. The Kier molecular flexibility index (Phi) is 11.4. The summed E-state index contributed by atoms with van der Waals surface area (Å²) in [4.78, 5) is 10.7. The van der Waals surface area contributed by atoms with Gasteiger partial charge >= 0.3 is 7.82 Å². The van der Waals surface area contributed by atoms with E-state index in [9.17, 15) is 14.6 Å². The first-order valence-electron chi connectivity index (χ1n) is 11.7. The Morgan fingerprint density at radius 1 is 1.12 bits per heavy atom. The van der Waals surface area contributed by atoms with Gasteiger partial charge in [0.05, 0.1) is 12.6 Å². The first kappa shape index (κ1) is 27.4. The van der Waals surface area contributed by atoms with Gasteiger partial charge in [-0.05, 0) is 30.0 Å². The first-order valence-corrected chi connectivity index (χ1v) is 13.2. The molecular formula is C25H39NO6P+. The highest BCUT2D eigenvalue weighted by atomic mass is 31.2. The molecule has 2 aromatic rings. The van der Waals surface area contributed by atoms with Gasteiger partial charge in [0, 0.05) is 25.5 Å². The Morgan fingerprint density at radius 3 is 2.45 bits per heavy atom. The van der Waals surface area contributed by atoms with E-state index in [-0.39, 0.29) is 18.5 Å². The Hall–Kier alpha value is -1.89. The number of hydrogen-bond donors (Lipinski definition) is 3. The van der Waals surface area contributed by atoms with Crippen LogP contribution in [0, 0.1) is 0 Å². The van der Waals surface area contributed by atoms with Gasteiger partial charge in [0.25, 0.3) is 0 Å². The van der Waals surface area contributed by atoms with Crippen LogP contribution in [0.15, 0.2) is 42.5 Å². The van der Waals surface area contributed by atoms with Crippen molar-refractivity contribution in [2.45, 2.75) is 65.5 Å². The summed E-state index contributed by atoms with van der Waals surface area (Å²) in [5.41, 5.74) is 3.06. The monoisotopic (exact) mass is 480 g/mol. The standard InChI is InChI=1S/C22H30NO6P.C3H8/c1-3-13-23(16-29-30(25,26)27-2)19-10-11-20-18(14-19)9-12-21(22(20)24)28-15-17-7-5-4-6-8-17;1-3-2/h4-9,12,19,24H,3,10-11,13-16H2,1-2H3,(H,25,26);3H2,1-2H3/p+1. The highest BCUT2D eigenvalue weighted by Crippen LogP contribution is 2.41. The molecule has 0 fully saturated rings. The summed E-state index contributed by atoms with van der Waals surface area (Å²) in [6.07, 6.45) is 4.53. The van der Waals surface area contributed by atoms with Crippen molar-refractivity contribution in [3.05, 3.63) is 59.2 Å². The number of phosphoric acid groups is 1. The van der Waals surface area contributed by atoms with E-state index in [2.05, 4.69) is 25.3 Å². The third-order valence-electron chi connectivity index (χ3n) is 5.58. The highest BCUT2D eigenvalue weighted by Gasteiger charge is 2.31. The Balaban J connectivity index is 0.00000122. The van der Waals surface area contributed by atoms with Gasteiger partial charge < -0.3 is 19.6 Å². The second kappa shape index (κ2) is 13.7. The topological polar surface area (TPSA) is 89.7 Å². The molecule has 3 atom stereocenters. The van der Waals surface area contributed by atoms with E-state index < -0.39 is 7.82 Å².